The van der Waals surface area contributed by atoms with Gasteiger partial charge >= 0.3 is 0 Å². The van der Waals surface area contributed by atoms with Gasteiger partial charge in [-0.05, 0) is 49.8 Å². The Bertz CT molecular complexity index is 1200. The number of aromatic nitrogens is 1. The molecule has 0 bridgehead atoms. The topological polar surface area (TPSA) is 60.9 Å². The first-order valence-corrected chi connectivity index (χ1v) is 10.7. The zero-order valence-corrected chi connectivity index (χ0v) is 18.1. The fourth-order valence-electron chi connectivity index (χ4n) is 4.13. The van der Waals surface area contributed by atoms with Gasteiger partial charge in [0.05, 0.1) is 23.4 Å². The number of fused-ring (bicyclic) bond motifs is 3. The Morgan fingerprint density at radius 3 is 2.84 bits per heavy atom. The Labute approximate surface area is 187 Å². The van der Waals surface area contributed by atoms with Gasteiger partial charge in [-0.1, -0.05) is 24.3 Å². The number of carbonyl (C=O) groups is 1. The summed E-state index contributed by atoms with van der Waals surface area (Å²) in [6, 6.07) is 15.4. The highest BCUT2D eigenvalue weighted by Crippen LogP contribution is 2.44. The summed E-state index contributed by atoms with van der Waals surface area (Å²) >= 11 is 0. The summed E-state index contributed by atoms with van der Waals surface area (Å²) in [6.07, 6.45) is 3.54. The molecule has 0 fully saturated rings. The van der Waals surface area contributed by atoms with Gasteiger partial charge in [0.15, 0.2) is 5.76 Å². The summed E-state index contributed by atoms with van der Waals surface area (Å²) in [5, 5.41) is 0. The lowest BCUT2D eigenvalue weighted by molar-refractivity contribution is 0.0861. The third-order valence-corrected chi connectivity index (χ3v) is 5.60. The minimum Gasteiger partial charge on any atom is -0.493 e. The number of aryl methyl sites for hydroxylation is 1. The predicted molar refractivity (Wildman–Crippen MR) is 121 cm³/mol. The van der Waals surface area contributed by atoms with Gasteiger partial charge in [-0.3, -0.25) is 14.7 Å². The summed E-state index contributed by atoms with van der Waals surface area (Å²) in [5.74, 6) is 2.26. The number of carbonyl (C=O) groups excluding carboxylic acids is 1. The summed E-state index contributed by atoms with van der Waals surface area (Å²) in [7, 11) is 0. The molecule has 2 aromatic carbocycles. The number of hydrogen-bond donors (Lipinski definition) is 0. The minimum absolute atomic E-state index is 0.117. The van der Waals surface area contributed by atoms with Crippen LogP contribution in [0.1, 0.15) is 39.7 Å². The van der Waals surface area contributed by atoms with E-state index in [-0.39, 0.29) is 5.78 Å². The molecule has 0 N–H and O–H groups in total. The molecular formula is C26H24N2O4. The van der Waals surface area contributed by atoms with Crippen LogP contribution < -0.4 is 14.2 Å². The van der Waals surface area contributed by atoms with Crippen molar-refractivity contribution in [2.45, 2.75) is 26.9 Å². The number of ketones is 1. The molecule has 0 amide bonds. The molecule has 1 aromatic heterocycles. The van der Waals surface area contributed by atoms with Crippen molar-refractivity contribution < 1.29 is 19.0 Å². The van der Waals surface area contributed by atoms with Crippen LogP contribution >= 0.6 is 0 Å². The van der Waals surface area contributed by atoms with Crippen LogP contribution in [0.4, 0.5) is 0 Å². The van der Waals surface area contributed by atoms with Crippen molar-refractivity contribution in [1.29, 1.82) is 0 Å². The fourth-order valence-corrected chi connectivity index (χ4v) is 4.13. The third kappa shape index (κ3) is 3.74. The smallest absolute Gasteiger partial charge is 0.232 e. The van der Waals surface area contributed by atoms with Crippen LogP contribution in [0.3, 0.4) is 0 Å². The average molecular weight is 428 g/mol. The molecular weight excluding hydrogens is 404 g/mol. The predicted octanol–water partition coefficient (Wildman–Crippen LogP) is 4.76. The number of nitrogens with zero attached hydrogens (tertiary/aromatic N) is 2. The van der Waals surface area contributed by atoms with Crippen LogP contribution in [0.5, 0.6) is 17.2 Å². The van der Waals surface area contributed by atoms with Gasteiger partial charge in [0.25, 0.3) is 0 Å². The first-order valence-electron chi connectivity index (χ1n) is 10.7. The Morgan fingerprint density at radius 2 is 2.03 bits per heavy atom. The number of allylic oxidation sites excluding steroid dienone is 1. The molecule has 6 nitrogen and oxygen atoms in total. The largest absolute Gasteiger partial charge is 0.493 e. The van der Waals surface area contributed by atoms with Gasteiger partial charge in [0, 0.05) is 24.8 Å². The van der Waals surface area contributed by atoms with Crippen LogP contribution in [0.15, 0.2) is 60.5 Å². The van der Waals surface area contributed by atoms with Crippen molar-refractivity contribution in [3.63, 3.8) is 0 Å². The first-order chi connectivity index (χ1) is 15.6. The van der Waals surface area contributed by atoms with Crippen LogP contribution in [0.2, 0.25) is 0 Å². The molecule has 2 aliphatic rings. The van der Waals surface area contributed by atoms with E-state index in [1.165, 1.54) is 0 Å². The van der Waals surface area contributed by atoms with E-state index in [1.54, 1.807) is 12.3 Å². The molecule has 0 saturated carbocycles. The number of rotatable bonds is 5. The lowest BCUT2D eigenvalue weighted by Gasteiger charge is -2.29. The molecule has 0 radical (unpaired) electrons. The second-order valence-electron chi connectivity index (χ2n) is 7.87. The molecule has 6 heteroatoms. The van der Waals surface area contributed by atoms with Crippen LogP contribution in [-0.2, 0) is 13.1 Å². The molecule has 3 aromatic rings. The van der Waals surface area contributed by atoms with Crippen molar-refractivity contribution >= 4 is 11.9 Å². The van der Waals surface area contributed by atoms with E-state index in [9.17, 15) is 4.79 Å². The van der Waals surface area contributed by atoms with Gasteiger partial charge in [-0.25, -0.2) is 0 Å². The van der Waals surface area contributed by atoms with Gasteiger partial charge < -0.3 is 14.2 Å². The molecule has 0 aliphatic carbocycles. The highest BCUT2D eigenvalue weighted by molar-refractivity contribution is 6.16. The Hall–Kier alpha value is -3.64. The van der Waals surface area contributed by atoms with Crippen molar-refractivity contribution in [2.75, 3.05) is 13.3 Å². The minimum atomic E-state index is -0.117. The molecule has 3 heterocycles. The number of ether oxygens (including phenoxy) is 3. The van der Waals surface area contributed by atoms with E-state index < -0.39 is 0 Å². The highest BCUT2D eigenvalue weighted by atomic mass is 16.5. The van der Waals surface area contributed by atoms with Crippen LogP contribution in [0, 0.1) is 6.92 Å². The standard InChI is InChI=1S/C26H24N2O4/c1-3-30-21-10-5-4-8-18(21)13-23-25(29)24-17(2)12-22-20(26(24)32-23)15-28(16-31-22)14-19-9-6-7-11-27-19/h4-13H,3,14-16H2,1-2H3/b23-13-. The molecule has 5 rings (SSSR count). The zero-order valence-electron chi connectivity index (χ0n) is 18.1. The maximum atomic E-state index is 13.3. The van der Waals surface area contributed by atoms with Crippen LogP contribution in [0.25, 0.3) is 6.08 Å². The third-order valence-electron chi connectivity index (χ3n) is 5.60. The van der Waals surface area contributed by atoms with Gasteiger partial charge in [0.1, 0.15) is 24.0 Å². The number of para-hydroxylation sites is 1. The monoisotopic (exact) mass is 428 g/mol. The van der Waals surface area contributed by atoms with E-state index in [1.807, 2.05) is 62.4 Å². The van der Waals surface area contributed by atoms with Crippen LogP contribution in [-0.4, -0.2) is 29.0 Å². The maximum Gasteiger partial charge on any atom is 0.232 e. The first kappa shape index (κ1) is 20.3. The number of Topliss-reactive ketones (excluding diaryl/α,β-unsaturated/α-hetero) is 1. The van der Waals surface area contributed by atoms with Crippen molar-refractivity contribution in [3.8, 4) is 17.2 Å². The summed E-state index contributed by atoms with van der Waals surface area (Å²) in [6.45, 7) is 6.13. The molecule has 0 unspecified atom stereocenters. The second kappa shape index (κ2) is 8.48. The quantitative estimate of drug-likeness (QED) is 0.546. The number of pyridine rings is 1. The number of hydrogen-bond acceptors (Lipinski definition) is 6. The summed E-state index contributed by atoms with van der Waals surface area (Å²) < 4.78 is 17.9. The zero-order chi connectivity index (χ0) is 22.1. The van der Waals surface area contributed by atoms with E-state index in [4.69, 9.17) is 14.2 Å². The number of benzene rings is 2. The second-order valence-corrected chi connectivity index (χ2v) is 7.87. The highest BCUT2D eigenvalue weighted by Gasteiger charge is 2.35. The summed E-state index contributed by atoms with van der Waals surface area (Å²) in [4.78, 5) is 19.8. The summed E-state index contributed by atoms with van der Waals surface area (Å²) in [5.41, 5.74) is 4.12. The Balaban J connectivity index is 1.47. The van der Waals surface area contributed by atoms with E-state index in [0.29, 0.717) is 43.5 Å². The normalized spacial score (nSPS) is 16.3. The fraction of sp³-hybridized carbons (Fsp3) is 0.231. The Morgan fingerprint density at radius 1 is 1.19 bits per heavy atom. The van der Waals surface area contributed by atoms with Crippen molar-refractivity contribution in [3.05, 3.63) is 88.4 Å². The average Bonchev–Trinajstić information content (AvgIpc) is 3.13. The SMILES string of the molecule is CCOc1ccccc1/C=C1\Oc2c3c(cc(C)c2C1=O)OCN(Cc1ccccn1)C3. The van der Waals surface area contributed by atoms with Gasteiger partial charge in [-0.15, -0.1) is 0 Å². The van der Waals surface area contributed by atoms with Crippen molar-refractivity contribution in [1.82, 2.24) is 9.88 Å². The van der Waals surface area contributed by atoms with E-state index in [2.05, 4.69) is 9.88 Å². The molecule has 0 spiro atoms. The van der Waals surface area contributed by atoms with Gasteiger partial charge in [-0.2, -0.15) is 0 Å². The Kier molecular flexibility index (Phi) is 5.37. The van der Waals surface area contributed by atoms with E-state index >= 15 is 0 Å². The van der Waals surface area contributed by atoms with Gasteiger partial charge in [0.2, 0.25) is 5.78 Å². The maximum absolute atomic E-state index is 13.3. The molecule has 0 saturated heterocycles. The molecule has 162 valence electrons. The molecule has 32 heavy (non-hydrogen) atoms. The lowest BCUT2D eigenvalue weighted by atomic mass is 9.98. The lowest BCUT2D eigenvalue weighted by Crippen LogP contribution is -2.32. The molecule has 2 aliphatic heterocycles. The molecule has 0 atom stereocenters. The van der Waals surface area contributed by atoms with E-state index in [0.717, 1.165) is 33.9 Å². The van der Waals surface area contributed by atoms with Crippen molar-refractivity contribution in [2.24, 2.45) is 0 Å².